The molecule has 0 atom stereocenters. The summed E-state index contributed by atoms with van der Waals surface area (Å²) in [4.78, 5) is 52.6. The number of carbonyl (C=O) groups is 2. The smallest absolute Gasteiger partial charge is 0.325 e. The summed E-state index contributed by atoms with van der Waals surface area (Å²) in [5, 5.41) is 12.9. The number of aromatic nitrogens is 3. The fourth-order valence-corrected chi connectivity index (χ4v) is 2.28. The van der Waals surface area contributed by atoms with E-state index in [1.165, 1.54) is 5.38 Å². The molecule has 0 saturated heterocycles. The lowest BCUT2D eigenvalue weighted by Crippen LogP contribution is -2.25. The Morgan fingerprint density at radius 2 is 2.05 bits per heavy atom. The van der Waals surface area contributed by atoms with Gasteiger partial charge in [-0.25, -0.2) is 9.78 Å². The van der Waals surface area contributed by atoms with E-state index in [1.54, 1.807) is 0 Å². The normalized spacial score (nSPS) is 10.3. The second kappa shape index (κ2) is 6.13. The van der Waals surface area contributed by atoms with E-state index in [2.05, 4.69) is 15.3 Å². The van der Waals surface area contributed by atoms with Crippen LogP contribution in [0.4, 0.5) is 5.13 Å². The predicted molar refractivity (Wildman–Crippen MR) is 73.5 cm³/mol. The van der Waals surface area contributed by atoms with E-state index in [4.69, 9.17) is 5.11 Å². The highest BCUT2D eigenvalue weighted by Crippen LogP contribution is 2.15. The zero-order valence-corrected chi connectivity index (χ0v) is 11.3. The van der Waals surface area contributed by atoms with Crippen molar-refractivity contribution in [2.45, 2.75) is 12.8 Å². The Balaban J connectivity index is 2.01. The van der Waals surface area contributed by atoms with Gasteiger partial charge in [0, 0.05) is 17.1 Å². The van der Waals surface area contributed by atoms with Crippen molar-refractivity contribution in [1.29, 1.82) is 0 Å². The molecule has 9 nitrogen and oxygen atoms in total. The number of carboxylic acid groups (broad SMARTS) is 1. The van der Waals surface area contributed by atoms with Gasteiger partial charge in [0.05, 0.1) is 18.5 Å². The third-order valence-corrected chi connectivity index (χ3v) is 3.10. The summed E-state index contributed by atoms with van der Waals surface area (Å²) in [5.41, 5.74) is -0.779. The molecular weight excluding hydrogens is 300 g/mol. The van der Waals surface area contributed by atoms with E-state index in [1.807, 2.05) is 4.98 Å². The maximum Gasteiger partial charge on any atom is 0.325 e. The second-order valence-electron chi connectivity index (χ2n) is 4.05. The van der Waals surface area contributed by atoms with E-state index in [0.29, 0.717) is 5.69 Å². The first-order chi connectivity index (χ1) is 9.92. The van der Waals surface area contributed by atoms with Crippen molar-refractivity contribution in [3.63, 3.8) is 0 Å². The standard InChI is InChI=1S/C11H10N4O5S/c16-7-1-5(12-10(20)14-7)2-8(17)15-11-13-6(4-21-11)3-9(18)19/h1,4H,2-3H2,(H,18,19)(H,13,15,17)(H2,12,14,16,20). The molecule has 110 valence electrons. The second-order valence-corrected chi connectivity index (χ2v) is 4.91. The van der Waals surface area contributed by atoms with Gasteiger partial charge in [-0.2, -0.15) is 0 Å². The summed E-state index contributed by atoms with van der Waals surface area (Å²) in [7, 11) is 0. The van der Waals surface area contributed by atoms with Gasteiger partial charge in [-0.1, -0.05) is 0 Å². The molecule has 0 spiro atoms. The average Bonchev–Trinajstić information content (AvgIpc) is 2.73. The molecule has 0 radical (unpaired) electrons. The number of H-pyrrole nitrogens is 2. The summed E-state index contributed by atoms with van der Waals surface area (Å²) in [6.45, 7) is 0. The quantitative estimate of drug-likeness (QED) is 0.576. The van der Waals surface area contributed by atoms with Crippen LogP contribution in [-0.2, 0) is 22.4 Å². The number of thiazole rings is 1. The summed E-state index contributed by atoms with van der Waals surface area (Å²) >= 11 is 1.09. The van der Waals surface area contributed by atoms with Gasteiger partial charge in [0.2, 0.25) is 5.91 Å². The molecule has 0 unspecified atom stereocenters. The van der Waals surface area contributed by atoms with E-state index in [0.717, 1.165) is 17.4 Å². The summed E-state index contributed by atoms with van der Waals surface area (Å²) in [6, 6.07) is 1.11. The van der Waals surface area contributed by atoms with Gasteiger partial charge < -0.3 is 15.4 Å². The number of nitrogens with one attached hydrogen (secondary N) is 3. The molecular formula is C11H10N4O5S. The van der Waals surface area contributed by atoms with Crippen molar-refractivity contribution < 1.29 is 14.7 Å². The Hall–Kier alpha value is -2.75. The number of rotatable bonds is 5. The predicted octanol–water partition coefficient (Wildman–Crippen LogP) is -0.672. The highest BCUT2D eigenvalue weighted by molar-refractivity contribution is 7.13. The van der Waals surface area contributed by atoms with Crippen LogP contribution in [0.3, 0.4) is 0 Å². The zero-order valence-electron chi connectivity index (χ0n) is 10.5. The van der Waals surface area contributed by atoms with Crippen LogP contribution in [0.15, 0.2) is 21.0 Å². The summed E-state index contributed by atoms with van der Waals surface area (Å²) in [6.07, 6.45) is -0.430. The van der Waals surface area contributed by atoms with Crippen molar-refractivity contribution in [3.05, 3.63) is 43.7 Å². The number of anilines is 1. The molecule has 2 aromatic rings. The van der Waals surface area contributed by atoms with Crippen molar-refractivity contribution in [1.82, 2.24) is 15.0 Å². The van der Waals surface area contributed by atoms with Gasteiger partial charge in [-0.3, -0.25) is 19.4 Å². The molecule has 2 heterocycles. The minimum Gasteiger partial charge on any atom is -0.481 e. The van der Waals surface area contributed by atoms with E-state index >= 15 is 0 Å². The number of hydrogen-bond donors (Lipinski definition) is 4. The third-order valence-electron chi connectivity index (χ3n) is 2.30. The van der Waals surface area contributed by atoms with Crippen LogP contribution in [0.25, 0.3) is 0 Å². The van der Waals surface area contributed by atoms with E-state index < -0.39 is 23.1 Å². The van der Waals surface area contributed by atoms with E-state index in [9.17, 15) is 19.2 Å². The first-order valence-corrected chi connectivity index (χ1v) is 6.59. The minimum atomic E-state index is -1.01. The first kappa shape index (κ1) is 14.7. The molecule has 4 N–H and O–H groups in total. The van der Waals surface area contributed by atoms with Crippen molar-refractivity contribution in [3.8, 4) is 0 Å². The Kier molecular flexibility index (Phi) is 4.28. The van der Waals surface area contributed by atoms with Crippen LogP contribution in [0, 0.1) is 0 Å². The van der Waals surface area contributed by atoms with Gasteiger partial charge in [-0.05, 0) is 0 Å². The molecule has 1 amide bonds. The molecule has 2 aromatic heterocycles. The minimum absolute atomic E-state index is 0.170. The molecule has 0 aromatic carbocycles. The number of nitrogens with zero attached hydrogens (tertiary/aromatic N) is 1. The lowest BCUT2D eigenvalue weighted by molar-refractivity contribution is -0.136. The largest absolute Gasteiger partial charge is 0.481 e. The van der Waals surface area contributed by atoms with Crippen LogP contribution >= 0.6 is 11.3 Å². The number of carboxylic acids is 1. The van der Waals surface area contributed by atoms with Crippen molar-refractivity contribution >= 4 is 28.3 Å². The molecule has 0 aliphatic rings. The number of carbonyl (C=O) groups excluding carboxylic acids is 1. The first-order valence-electron chi connectivity index (χ1n) is 5.71. The highest BCUT2D eigenvalue weighted by Gasteiger charge is 2.10. The van der Waals surface area contributed by atoms with Gasteiger partial charge in [0.1, 0.15) is 0 Å². The van der Waals surface area contributed by atoms with Gasteiger partial charge in [-0.15, -0.1) is 11.3 Å². The fraction of sp³-hybridized carbons (Fsp3) is 0.182. The van der Waals surface area contributed by atoms with Crippen LogP contribution < -0.4 is 16.6 Å². The number of aromatic amines is 2. The SMILES string of the molecule is O=C(O)Cc1csc(NC(=O)Cc2cc(=O)[nH]c(=O)[nH]2)n1. The Morgan fingerprint density at radius 1 is 1.29 bits per heavy atom. The number of aliphatic carboxylic acids is 1. The fourth-order valence-electron chi connectivity index (χ4n) is 1.55. The molecule has 21 heavy (non-hydrogen) atoms. The Labute approximate surface area is 120 Å². The Bertz CT molecular complexity index is 762. The maximum atomic E-state index is 11.7. The van der Waals surface area contributed by atoms with Gasteiger partial charge in [0.25, 0.3) is 5.56 Å². The Morgan fingerprint density at radius 3 is 2.71 bits per heavy atom. The summed E-state index contributed by atoms with van der Waals surface area (Å²) < 4.78 is 0. The number of amides is 1. The van der Waals surface area contributed by atoms with Crippen LogP contribution in [0.1, 0.15) is 11.4 Å². The zero-order chi connectivity index (χ0) is 15.4. The third kappa shape index (κ3) is 4.38. The monoisotopic (exact) mass is 310 g/mol. The molecule has 2 rings (SSSR count). The lowest BCUT2D eigenvalue weighted by Gasteiger charge is -2.01. The molecule has 0 aliphatic heterocycles. The lowest BCUT2D eigenvalue weighted by atomic mass is 10.3. The van der Waals surface area contributed by atoms with E-state index in [-0.39, 0.29) is 23.7 Å². The highest BCUT2D eigenvalue weighted by atomic mass is 32.1. The molecule has 0 saturated carbocycles. The molecule has 0 aliphatic carbocycles. The van der Waals surface area contributed by atoms with Crippen LogP contribution in [-0.4, -0.2) is 31.9 Å². The molecule has 10 heteroatoms. The summed E-state index contributed by atoms with van der Waals surface area (Å²) in [5.74, 6) is -1.49. The van der Waals surface area contributed by atoms with Gasteiger partial charge >= 0.3 is 11.7 Å². The molecule has 0 fully saturated rings. The van der Waals surface area contributed by atoms with Crippen molar-refractivity contribution in [2.75, 3.05) is 5.32 Å². The maximum absolute atomic E-state index is 11.7. The average molecular weight is 310 g/mol. The number of hydrogen-bond acceptors (Lipinski definition) is 6. The van der Waals surface area contributed by atoms with Crippen LogP contribution in [0.2, 0.25) is 0 Å². The van der Waals surface area contributed by atoms with Crippen molar-refractivity contribution in [2.24, 2.45) is 0 Å². The topological polar surface area (TPSA) is 145 Å². The van der Waals surface area contributed by atoms with Crippen LogP contribution in [0.5, 0.6) is 0 Å². The van der Waals surface area contributed by atoms with Gasteiger partial charge in [0.15, 0.2) is 5.13 Å². The molecule has 0 bridgehead atoms.